The quantitative estimate of drug-likeness (QED) is 0.461. The number of nitrogens with zero attached hydrogens (tertiary/aromatic N) is 2. The van der Waals surface area contributed by atoms with Crippen LogP contribution in [0.1, 0.15) is 12.5 Å². The Morgan fingerprint density at radius 2 is 1.92 bits per heavy atom. The molecule has 0 aliphatic heterocycles. The van der Waals surface area contributed by atoms with E-state index in [9.17, 15) is 0 Å². The van der Waals surface area contributed by atoms with Gasteiger partial charge in [-0.15, -0.1) is 6.42 Å². The first-order chi connectivity index (χ1) is 12.2. The molecule has 0 unspecified atom stereocenters. The average Bonchev–Trinajstić information content (AvgIpc) is 2.66. The zero-order chi connectivity index (χ0) is 17.9. The Bertz CT molecular complexity index is 719. The molecule has 2 N–H and O–H groups in total. The number of aromatic nitrogens is 1. The molecule has 0 aliphatic carbocycles. The molecule has 1 heterocycles. The summed E-state index contributed by atoms with van der Waals surface area (Å²) in [5, 5.41) is 6.17. The van der Waals surface area contributed by atoms with Crippen molar-refractivity contribution in [1.82, 2.24) is 15.6 Å². The molecule has 0 bridgehead atoms. The van der Waals surface area contributed by atoms with Gasteiger partial charge >= 0.3 is 0 Å². The van der Waals surface area contributed by atoms with Crippen molar-refractivity contribution in [2.24, 2.45) is 4.99 Å². The topological polar surface area (TPSA) is 67.8 Å². The smallest absolute Gasteiger partial charge is 0.219 e. The van der Waals surface area contributed by atoms with Crippen LogP contribution in [-0.2, 0) is 6.54 Å². The van der Waals surface area contributed by atoms with Gasteiger partial charge in [0.15, 0.2) is 5.96 Å². The number of aliphatic imine (C=N–C) groups is 1. The molecule has 0 spiro atoms. The monoisotopic (exact) mass is 338 g/mol. The molecule has 0 saturated heterocycles. The molecule has 0 fully saturated rings. The third-order valence-electron chi connectivity index (χ3n) is 3.20. The molecule has 130 valence electrons. The number of terminal acetylenes is 1. The Morgan fingerprint density at radius 3 is 2.52 bits per heavy atom. The van der Waals surface area contributed by atoms with Gasteiger partial charge in [0.2, 0.25) is 5.88 Å². The van der Waals surface area contributed by atoms with Gasteiger partial charge in [0.05, 0.1) is 20.2 Å². The molecule has 0 radical (unpaired) electrons. The number of nitrogens with one attached hydrogen (secondary N) is 2. The summed E-state index contributed by atoms with van der Waals surface area (Å²) in [7, 11) is 1.63. The minimum Gasteiger partial charge on any atom is -0.497 e. The van der Waals surface area contributed by atoms with Crippen LogP contribution < -0.4 is 20.1 Å². The fourth-order valence-electron chi connectivity index (χ4n) is 1.98. The number of benzene rings is 1. The number of ether oxygens (including phenoxy) is 2. The first-order valence-corrected chi connectivity index (χ1v) is 7.97. The maximum absolute atomic E-state index is 5.70. The van der Waals surface area contributed by atoms with Gasteiger partial charge in [-0.05, 0) is 36.8 Å². The summed E-state index contributed by atoms with van der Waals surface area (Å²) in [6.07, 6.45) is 6.99. The number of hydrogen-bond donors (Lipinski definition) is 2. The van der Waals surface area contributed by atoms with Crippen LogP contribution in [0.4, 0.5) is 0 Å². The lowest BCUT2D eigenvalue weighted by molar-refractivity contribution is 0.412. The number of methoxy groups -OCH3 is 1. The molecule has 0 amide bonds. The average molecular weight is 338 g/mol. The molecule has 1 aromatic heterocycles. The maximum Gasteiger partial charge on any atom is 0.219 e. The van der Waals surface area contributed by atoms with Gasteiger partial charge in [0.25, 0.3) is 0 Å². The van der Waals surface area contributed by atoms with E-state index in [-0.39, 0.29) is 0 Å². The summed E-state index contributed by atoms with van der Waals surface area (Å²) in [6, 6.07) is 11.1. The molecule has 0 atom stereocenters. The van der Waals surface area contributed by atoms with Gasteiger partial charge in [-0.1, -0.05) is 12.0 Å². The number of pyridine rings is 1. The highest BCUT2D eigenvalue weighted by molar-refractivity contribution is 5.79. The largest absolute Gasteiger partial charge is 0.497 e. The fourth-order valence-corrected chi connectivity index (χ4v) is 1.98. The van der Waals surface area contributed by atoms with Crippen molar-refractivity contribution in [2.45, 2.75) is 13.5 Å². The summed E-state index contributed by atoms with van der Waals surface area (Å²) >= 11 is 0. The standard InChI is InChI=1S/C19H22N4O2/c1-4-12-21-19(20-5-2)23-14-15-6-11-18(22-13-15)25-17-9-7-16(24-3)8-10-17/h1,6-11,13H,5,12,14H2,2-3H3,(H2,20,21,23). The Labute approximate surface area is 148 Å². The van der Waals surface area contributed by atoms with E-state index in [4.69, 9.17) is 15.9 Å². The second kappa shape index (κ2) is 9.83. The third kappa shape index (κ3) is 6.07. The van der Waals surface area contributed by atoms with E-state index in [0.29, 0.717) is 30.7 Å². The van der Waals surface area contributed by atoms with Crippen LogP contribution in [0.2, 0.25) is 0 Å². The van der Waals surface area contributed by atoms with E-state index in [1.54, 1.807) is 13.3 Å². The van der Waals surface area contributed by atoms with Crippen LogP contribution in [0.25, 0.3) is 0 Å². The van der Waals surface area contributed by atoms with Crippen molar-refractivity contribution >= 4 is 5.96 Å². The first kappa shape index (κ1) is 18.1. The Hall–Kier alpha value is -3.20. The summed E-state index contributed by atoms with van der Waals surface area (Å²) in [6.45, 7) is 3.69. The van der Waals surface area contributed by atoms with Crippen molar-refractivity contribution in [1.29, 1.82) is 0 Å². The molecule has 6 nitrogen and oxygen atoms in total. The molecule has 6 heteroatoms. The van der Waals surface area contributed by atoms with Gasteiger partial charge in [0, 0.05) is 18.8 Å². The third-order valence-corrected chi connectivity index (χ3v) is 3.20. The maximum atomic E-state index is 5.70. The molecule has 2 aromatic rings. The van der Waals surface area contributed by atoms with E-state index < -0.39 is 0 Å². The number of hydrogen-bond acceptors (Lipinski definition) is 4. The Morgan fingerprint density at radius 1 is 1.16 bits per heavy atom. The molecule has 25 heavy (non-hydrogen) atoms. The Balaban J connectivity index is 1.95. The predicted molar refractivity (Wildman–Crippen MR) is 99.0 cm³/mol. The lowest BCUT2D eigenvalue weighted by atomic mass is 10.3. The lowest BCUT2D eigenvalue weighted by Crippen LogP contribution is -2.37. The van der Waals surface area contributed by atoms with Crippen molar-refractivity contribution in [2.75, 3.05) is 20.2 Å². The summed E-state index contributed by atoms with van der Waals surface area (Å²) < 4.78 is 10.8. The summed E-state index contributed by atoms with van der Waals surface area (Å²) in [5.41, 5.74) is 0.972. The van der Waals surface area contributed by atoms with E-state index in [1.165, 1.54) is 0 Å². The van der Waals surface area contributed by atoms with Crippen LogP contribution in [0.3, 0.4) is 0 Å². The van der Waals surface area contributed by atoms with E-state index in [1.807, 2.05) is 43.3 Å². The molecular weight excluding hydrogens is 316 g/mol. The number of rotatable bonds is 7. The van der Waals surface area contributed by atoms with Crippen LogP contribution in [0.15, 0.2) is 47.6 Å². The van der Waals surface area contributed by atoms with Crippen LogP contribution in [0, 0.1) is 12.3 Å². The lowest BCUT2D eigenvalue weighted by Gasteiger charge is -2.09. The fraction of sp³-hybridized carbons (Fsp3) is 0.263. The minimum atomic E-state index is 0.429. The predicted octanol–water partition coefficient (Wildman–Crippen LogP) is 2.57. The summed E-state index contributed by atoms with van der Waals surface area (Å²) in [4.78, 5) is 8.76. The Kier molecular flexibility index (Phi) is 7.13. The highest BCUT2D eigenvalue weighted by Crippen LogP contribution is 2.22. The van der Waals surface area contributed by atoms with E-state index >= 15 is 0 Å². The van der Waals surface area contributed by atoms with Crippen molar-refractivity contribution < 1.29 is 9.47 Å². The second-order valence-electron chi connectivity index (χ2n) is 5.04. The minimum absolute atomic E-state index is 0.429. The molecular formula is C19H22N4O2. The normalized spacial score (nSPS) is 10.7. The highest BCUT2D eigenvalue weighted by atomic mass is 16.5. The van der Waals surface area contributed by atoms with Gasteiger partial charge in [-0.3, -0.25) is 0 Å². The van der Waals surface area contributed by atoms with Gasteiger partial charge in [-0.25, -0.2) is 9.98 Å². The molecule has 1 aromatic carbocycles. The zero-order valence-corrected chi connectivity index (χ0v) is 14.5. The zero-order valence-electron chi connectivity index (χ0n) is 14.5. The van der Waals surface area contributed by atoms with Gasteiger partial charge in [-0.2, -0.15) is 0 Å². The number of guanidine groups is 1. The molecule has 2 rings (SSSR count). The van der Waals surface area contributed by atoms with Crippen molar-refractivity contribution in [3.8, 4) is 29.7 Å². The molecule has 0 saturated carbocycles. The van der Waals surface area contributed by atoms with Crippen LogP contribution in [-0.4, -0.2) is 31.1 Å². The van der Waals surface area contributed by atoms with E-state index in [2.05, 4.69) is 26.5 Å². The van der Waals surface area contributed by atoms with E-state index in [0.717, 1.165) is 17.9 Å². The van der Waals surface area contributed by atoms with Crippen molar-refractivity contribution in [3.63, 3.8) is 0 Å². The SMILES string of the molecule is C#CCNC(=NCc1ccc(Oc2ccc(OC)cc2)nc1)NCC. The van der Waals surface area contributed by atoms with Crippen LogP contribution in [0.5, 0.6) is 17.4 Å². The van der Waals surface area contributed by atoms with Crippen molar-refractivity contribution in [3.05, 3.63) is 48.2 Å². The van der Waals surface area contributed by atoms with Gasteiger partial charge < -0.3 is 20.1 Å². The van der Waals surface area contributed by atoms with Gasteiger partial charge in [0.1, 0.15) is 11.5 Å². The highest BCUT2D eigenvalue weighted by Gasteiger charge is 2.01. The second-order valence-corrected chi connectivity index (χ2v) is 5.04. The first-order valence-electron chi connectivity index (χ1n) is 7.97. The van der Waals surface area contributed by atoms with Crippen LogP contribution >= 0.6 is 0 Å². The summed E-state index contributed by atoms with van der Waals surface area (Å²) in [5.74, 6) is 5.21. The molecule has 0 aliphatic rings.